The van der Waals surface area contributed by atoms with Gasteiger partial charge in [-0.25, -0.2) is 4.79 Å². The fraction of sp³-hybridized carbons (Fsp3) is 0.588. The number of rotatable bonds is 6. The van der Waals surface area contributed by atoms with E-state index in [1.807, 2.05) is 28.8 Å². The van der Waals surface area contributed by atoms with Crippen molar-refractivity contribution in [2.24, 2.45) is 0 Å². The minimum atomic E-state index is 0.0163. The van der Waals surface area contributed by atoms with Gasteiger partial charge in [-0.05, 0) is 50.8 Å². The Morgan fingerprint density at radius 2 is 1.91 bits per heavy atom. The van der Waals surface area contributed by atoms with Crippen LogP contribution >= 0.6 is 0 Å². The first kappa shape index (κ1) is 15.3. The number of aromatic nitrogens is 2. The van der Waals surface area contributed by atoms with Gasteiger partial charge in [0.2, 0.25) is 0 Å². The number of nitrogens with zero attached hydrogens (tertiary/aromatic N) is 2. The van der Waals surface area contributed by atoms with E-state index >= 15 is 0 Å². The summed E-state index contributed by atoms with van der Waals surface area (Å²) in [5.41, 5.74) is 1.97. The van der Waals surface area contributed by atoms with Crippen molar-refractivity contribution in [1.82, 2.24) is 14.5 Å². The molecule has 1 saturated heterocycles. The maximum atomic E-state index is 12.2. The summed E-state index contributed by atoms with van der Waals surface area (Å²) < 4.78 is 1.94. The molecule has 1 fully saturated rings. The quantitative estimate of drug-likeness (QED) is 0.804. The number of para-hydroxylation sites is 2. The van der Waals surface area contributed by atoms with Crippen LogP contribution in [0.4, 0.5) is 0 Å². The number of aromatic amines is 1. The third-order valence-electron chi connectivity index (χ3n) is 4.68. The Morgan fingerprint density at radius 1 is 1.14 bits per heavy atom. The first-order valence-electron chi connectivity index (χ1n) is 8.32. The van der Waals surface area contributed by atoms with Gasteiger partial charge in [-0.3, -0.25) is 4.57 Å². The van der Waals surface area contributed by atoms with Crippen molar-refractivity contribution in [3.05, 3.63) is 34.7 Å². The monoisotopic (exact) mass is 303 g/mol. The second kappa shape index (κ2) is 7.11. The number of unbranched alkanes of at least 4 members (excludes halogenated alkanes) is 2. The van der Waals surface area contributed by atoms with Gasteiger partial charge < -0.3 is 15.0 Å². The molecule has 0 amide bonds. The summed E-state index contributed by atoms with van der Waals surface area (Å²) in [7, 11) is 0. The van der Waals surface area contributed by atoms with Crippen molar-refractivity contribution in [2.75, 3.05) is 26.2 Å². The lowest BCUT2D eigenvalue weighted by Gasteiger charge is -2.32. The smallest absolute Gasteiger partial charge is 0.326 e. The normalized spacial score (nSPS) is 17.3. The van der Waals surface area contributed by atoms with Crippen molar-refractivity contribution in [1.29, 1.82) is 0 Å². The minimum absolute atomic E-state index is 0.0163. The minimum Gasteiger partial charge on any atom is -0.396 e. The number of H-pyrrole nitrogens is 1. The Hall–Kier alpha value is -1.59. The zero-order valence-corrected chi connectivity index (χ0v) is 13.0. The molecule has 2 N–H and O–H groups in total. The van der Waals surface area contributed by atoms with E-state index in [0.29, 0.717) is 12.6 Å². The molecule has 0 spiro atoms. The third kappa shape index (κ3) is 3.25. The van der Waals surface area contributed by atoms with Crippen LogP contribution in [0.25, 0.3) is 11.0 Å². The van der Waals surface area contributed by atoms with Crippen LogP contribution in [0.3, 0.4) is 0 Å². The molecule has 22 heavy (non-hydrogen) atoms. The average Bonchev–Trinajstić information content (AvgIpc) is 2.88. The zero-order valence-electron chi connectivity index (χ0n) is 13.0. The number of imidazole rings is 1. The number of piperidine rings is 1. The number of benzene rings is 1. The van der Waals surface area contributed by atoms with Crippen LogP contribution < -0.4 is 5.69 Å². The highest BCUT2D eigenvalue weighted by molar-refractivity contribution is 5.75. The molecule has 5 heteroatoms. The summed E-state index contributed by atoms with van der Waals surface area (Å²) in [5.74, 6) is 0. The van der Waals surface area contributed by atoms with E-state index in [9.17, 15) is 4.79 Å². The molecule has 1 aromatic heterocycles. The van der Waals surface area contributed by atoms with Gasteiger partial charge in [-0.1, -0.05) is 12.1 Å². The van der Waals surface area contributed by atoms with E-state index in [2.05, 4.69) is 9.88 Å². The second-order valence-corrected chi connectivity index (χ2v) is 6.17. The standard InChI is InChI=1S/C17H25N3O2/c21-13-5-1-4-10-19-11-8-14(9-12-19)20-16-7-3-2-6-15(16)18-17(20)22/h2-3,6-7,14,21H,1,4-5,8-13H2,(H,18,22). The van der Waals surface area contributed by atoms with Gasteiger partial charge in [0.15, 0.2) is 0 Å². The van der Waals surface area contributed by atoms with E-state index < -0.39 is 0 Å². The molecule has 3 rings (SSSR count). The predicted molar refractivity (Wildman–Crippen MR) is 88.2 cm³/mol. The van der Waals surface area contributed by atoms with E-state index in [1.165, 1.54) is 0 Å². The summed E-state index contributed by atoms with van der Waals surface area (Å²) in [5, 5.41) is 8.81. The fourth-order valence-electron chi connectivity index (χ4n) is 3.46. The fourth-order valence-corrected chi connectivity index (χ4v) is 3.46. The largest absolute Gasteiger partial charge is 0.396 e. The second-order valence-electron chi connectivity index (χ2n) is 6.17. The highest BCUT2D eigenvalue weighted by Crippen LogP contribution is 2.24. The number of nitrogens with one attached hydrogen (secondary N) is 1. The van der Waals surface area contributed by atoms with Crippen LogP contribution in [-0.4, -0.2) is 45.8 Å². The average molecular weight is 303 g/mol. The van der Waals surface area contributed by atoms with Gasteiger partial charge in [0, 0.05) is 25.7 Å². The highest BCUT2D eigenvalue weighted by atomic mass is 16.2. The number of hydrogen-bond acceptors (Lipinski definition) is 3. The molecule has 0 saturated carbocycles. The molecule has 1 aliphatic heterocycles. The lowest BCUT2D eigenvalue weighted by atomic mass is 10.0. The predicted octanol–water partition coefficient (Wildman–Crippen LogP) is 2.13. The summed E-state index contributed by atoms with van der Waals surface area (Å²) in [6.45, 7) is 3.51. The van der Waals surface area contributed by atoms with Gasteiger partial charge >= 0.3 is 5.69 Å². The van der Waals surface area contributed by atoms with E-state index in [1.54, 1.807) is 0 Å². The van der Waals surface area contributed by atoms with Crippen LogP contribution in [0, 0.1) is 0 Å². The molecule has 5 nitrogen and oxygen atoms in total. The van der Waals surface area contributed by atoms with E-state index in [0.717, 1.165) is 62.8 Å². The molecule has 0 bridgehead atoms. The van der Waals surface area contributed by atoms with Gasteiger partial charge in [0.05, 0.1) is 11.0 Å². The Bertz CT molecular complexity index is 653. The molecule has 2 heterocycles. The summed E-state index contributed by atoms with van der Waals surface area (Å²) in [6.07, 6.45) is 5.21. The van der Waals surface area contributed by atoms with Crippen LogP contribution in [0.15, 0.2) is 29.1 Å². The van der Waals surface area contributed by atoms with E-state index in [-0.39, 0.29) is 5.69 Å². The Kier molecular flexibility index (Phi) is 4.95. The molecule has 1 aromatic carbocycles. The van der Waals surface area contributed by atoms with Crippen molar-refractivity contribution in [3.63, 3.8) is 0 Å². The van der Waals surface area contributed by atoms with Crippen LogP contribution in [0.2, 0.25) is 0 Å². The molecule has 1 aliphatic rings. The lowest BCUT2D eigenvalue weighted by molar-refractivity contribution is 0.182. The summed E-state index contributed by atoms with van der Waals surface area (Å²) in [6, 6.07) is 8.23. The third-order valence-corrected chi connectivity index (χ3v) is 4.68. The Labute approximate surface area is 130 Å². The van der Waals surface area contributed by atoms with Gasteiger partial charge in [-0.15, -0.1) is 0 Å². The molecule has 0 aliphatic carbocycles. The number of aliphatic hydroxyl groups is 1. The summed E-state index contributed by atoms with van der Waals surface area (Å²) in [4.78, 5) is 17.7. The maximum absolute atomic E-state index is 12.2. The lowest BCUT2D eigenvalue weighted by Crippen LogP contribution is -2.37. The zero-order chi connectivity index (χ0) is 15.4. The van der Waals surface area contributed by atoms with Crippen molar-refractivity contribution < 1.29 is 5.11 Å². The molecule has 0 unspecified atom stereocenters. The highest BCUT2D eigenvalue weighted by Gasteiger charge is 2.23. The van der Waals surface area contributed by atoms with Gasteiger partial charge in [0.1, 0.15) is 0 Å². The van der Waals surface area contributed by atoms with Crippen LogP contribution in [0.1, 0.15) is 38.1 Å². The molecular formula is C17H25N3O2. The van der Waals surface area contributed by atoms with E-state index in [4.69, 9.17) is 5.11 Å². The molecule has 2 aromatic rings. The molecule has 0 atom stereocenters. The van der Waals surface area contributed by atoms with Crippen LogP contribution in [0.5, 0.6) is 0 Å². The van der Waals surface area contributed by atoms with Gasteiger partial charge in [0.25, 0.3) is 0 Å². The van der Waals surface area contributed by atoms with Crippen LogP contribution in [-0.2, 0) is 0 Å². The summed E-state index contributed by atoms with van der Waals surface area (Å²) >= 11 is 0. The number of hydrogen-bond donors (Lipinski definition) is 2. The number of fused-ring (bicyclic) bond motifs is 1. The topological polar surface area (TPSA) is 61.3 Å². The first-order valence-corrected chi connectivity index (χ1v) is 8.32. The maximum Gasteiger partial charge on any atom is 0.326 e. The van der Waals surface area contributed by atoms with Gasteiger partial charge in [-0.2, -0.15) is 0 Å². The Morgan fingerprint density at radius 3 is 2.68 bits per heavy atom. The molecule has 0 radical (unpaired) electrons. The first-order chi connectivity index (χ1) is 10.8. The van der Waals surface area contributed by atoms with Crippen molar-refractivity contribution in [2.45, 2.75) is 38.1 Å². The number of likely N-dealkylation sites (tertiary alicyclic amines) is 1. The Balaban J connectivity index is 1.61. The number of aliphatic hydroxyl groups excluding tert-OH is 1. The SMILES string of the molecule is O=c1[nH]c2ccccc2n1C1CCN(CCCCCO)CC1. The molecular weight excluding hydrogens is 278 g/mol. The van der Waals surface area contributed by atoms with Crippen molar-refractivity contribution in [3.8, 4) is 0 Å². The molecule has 120 valence electrons. The van der Waals surface area contributed by atoms with Crippen molar-refractivity contribution >= 4 is 11.0 Å².